The maximum atomic E-state index is 12.1. The first-order valence-electron chi connectivity index (χ1n) is 8.09. The van der Waals surface area contributed by atoms with Gasteiger partial charge in [-0.15, -0.1) is 0 Å². The zero-order valence-electron chi connectivity index (χ0n) is 14.9. The lowest BCUT2D eigenvalue weighted by molar-refractivity contribution is -0.127. The van der Waals surface area contributed by atoms with E-state index in [4.69, 9.17) is 18.9 Å². The van der Waals surface area contributed by atoms with Crippen molar-refractivity contribution in [2.75, 3.05) is 50.8 Å². The summed E-state index contributed by atoms with van der Waals surface area (Å²) in [5.41, 5.74) is 1.05. The Kier molecular flexibility index (Phi) is 10.2. The van der Waals surface area contributed by atoms with Gasteiger partial charge in [-0.25, -0.2) is 4.79 Å². The Bertz CT molecular complexity index is 538. The second-order valence-corrected chi connectivity index (χ2v) is 5.03. The predicted octanol–water partition coefficient (Wildman–Crippen LogP) is 2.26. The minimum Gasteiger partial charge on any atom is -0.447 e. The van der Waals surface area contributed by atoms with Crippen LogP contribution in [-0.2, 0) is 23.7 Å². The first kappa shape index (κ1) is 20.9. The molecular weight excluding hydrogens is 328 g/mol. The Morgan fingerprint density at radius 1 is 1.08 bits per heavy atom. The van der Waals surface area contributed by atoms with Gasteiger partial charge in [0, 0.05) is 25.1 Å². The summed E-state index contributed by atoms with van der Waals surface area (Å²) in [6.07, 6.45) is -1.20. The van der Waals surface area contributed by atoms with Gasteiger partial charge in [-0.05, 0) is 32.0 Å². The average Bonchev–Trinajstić information content (AvgIpc) is 2.59. The topological polar surface area (TPSA) is 95.1 Å². The van der Waals surface area contributed by atoms with Gasteiger partial charge >= 0.3 is 6.09 Å². The van der Waals surface area contributed by atoms with Crippen molar-refractivity contribution in [2.45, 2.75) is 20.0 Å². The molecule has 0 saturated carbocycles. The monoisotopic (exact) mass is 354 g/mol. The largest absolute Gasteiger partial charge is 0.447 e. The summed E-state index contributed by atoms with van der Waals surface area (Å²) in [5, 5.41) is 5.31. The fourth-order valence-electron chi connectivity index (χ4n) is 1.79. The first-order chi connectivity index (χ1) is 12.1. The Balaban J connectivity index is 2.45. The number of anilines is 2. The number of hydrogen-bond acceptors (Lipinski definition) is 6. The lowest BCUT2D eigenvalue weighted by Crippen LogP contribution is -2.29. The normalized spacial score (nSPS) is 11.6. The molecule has 0 fully saturated rings. The van der Waals surface area contributed by atoms with Gasteiger partial charge in [0.05, 0.1) is 19.8 Å². The van der Waals surface area contributed by atoms with Crippen molar-refractivity contribution < 1.29 is 28.5 Å². The number of amides is 2. The number of carbonyl (C=O) groups is 2. The Hall–Kier alpha value is -2.16. The first-order valence-corrected chi connectivity index (χ1v) is 8.09. The van der Waals surface area contributed by atoms with Gasteiger partial charge < -0.3 is 24.3 Å². The van der Waals surface area contributed by atoms with Crippen LogP contribution in [-0.4, -0.2) is 58.2 Å². The van der Waals surface area contributed by atoms with Crippen molar-refractivity contribution in [1.82, 2.24) is 0 Å². The molecular formula is C17H26N2O6. The molecule has 140 valence electrons. The Morgan fingerprint density at radius 3 is 2.48 bits per heavy atom. The molecule has 1 unspecified atom stereocenters. The number of benzene rings is 1. The van der Waals surface area contributed by atoms with E-state index < -0.39 is 12.2 Å². The van der Waals surface area contributed by atoms with E-state index in [-0.39, 0.29) is 12.5 Å². The van der Waals surface area contributed by atoms with Crippen LogP contribution in [0, 0.1) is 0 Å². The molecule has 0 heterocycles. The molecule has 1 aromatic carbocycles. The van der Waals surface area contributed by atoms with E-state index in [2.05, 4.69) is 10.6 Å². The van der Waals surface area contributed by atoms with E-state index >= 15 is 0 Å². The van der Waals surface area contributed by atoms with Gasteiger partial charge in [0.25, 0.3) is 5.91 Å². The van der Waals surface area contributed by atoms with Gasteiger partial charge in [0.2, 0.25) is 0 Å². The van der Waals surface area contributed by atoms with Crippen LogP contribution in [0.3, 0.4) is 0 Å². The molecule has 0 saturated heterocycles. The van der Waals surface area contributed by atoms with E-state index in [1.165, 1.54) is 7.11 Å². The second kappa shape index (κ2) is 12.2. The van der Waals surface area contributed by atoms with Crippen molar-refractivity contribution in [3.8, 4) is 0 Å². The molecule has 8 nitrogen and oxygen atoms in total. The van der Waals surface area contributed by atoms with Crippen molar-refractivity contribution in [2.24, 2.45) is 0 Å². The van der Waals surface area contributed by atoms with Crippen LogP contribution in [0.5, 0.6) is 0 Å². The lowest BCUT2D eigenvalue weighted by atomic mass is 10.2. The maximum Gasteiger partial charge on any atom is 0.411 e. The molecule has 0 aromatic heterocycles. The third-order valence-electron chi connectivity index (χ3n) is 3.07. The van der Waals surface area contributed by atoms with E-state index in [0.29, 0.717) is 37.8 Å². The van der Waals surface area contributed by atoms with Crippen LogP contribution in [0.1, 0.15) is 13.8 Å². The van der Waals surface area contributed by atoms with E-state index in [1.807, 2.05) is 6.92 Å². The number of carbonyl (C=O) groups excluding carboxylic acids is 2. The lowest BCUT2D eigenvalue weighted by Gasteiger charge is -2.14. The molecule has 0 radical (unpaired) electrons. The Labute approximate surface area is 147 Å². The molecule has 0 aliphatic carbocycles. The predicted molar refractivity (Wildman–Crippen MR) is 93.8 cm³/mol. The molecule has 0 bridgehead atoms. The maximum absolute atomic E-state index is 12.1. The second-order valence-electron chi connectivity index (χ2n) is 5.03. The summed E-state index contributed by atoms with van der Waals surface area (Å²) in [4.78, 5) is 23.7. The fourth-order valence-corrected chi connectivity index (χ4v) is 1.79. The summed E-state index contributed by atoms with van der Waals surface area (Å²) in [6.45, 7) is 5.44. The SMILES string of the molecule is CCOCCOC(C)C(=O)Nc1cccc(NC(=O)OCCOC)c1. The molecule has 8 heteroatoms. The fraction of sp³-hybridized carbons (Fsp3) is 0.529. The van der Waals surface area contributed by atoms with Gasteiger partial charge in [-0.2, -0.15) is 0 Å². The highest BCUT2D eigenvalue weighted by molar-refractivity contribution is 5.95. The number of rotatable bonds is 11. The summed E-state index contributed by atoms with van der Waals surface area (Å²) < 4.78 is 20.3. The highest BCUT2D eigenvalue weighted by Crippen LogP contribution is 2.16. The van der Waals surface area contributed by atoms with Gasteiger partial charge in [0.15, 0.2) is 0 Å². The van der Waals surface area contributed by atoms with Crippen LogP contribution >= 0.6 is 0 Å². The molecule has 25 heavy (non-hydrogen) atoms. The third kappa shape index (κ3) is 9.04. The van der Waals surface area contributed by atoms with E-state index in [9.17, 15) is 9.59 Å². The van der Waals surface area contributed by atoms with Gasteiger partial charge in [-0.3, -0.25) is 10.1 Å². The summed E-state index contributed by atoms with van der Waals surface area (Å²) in [6, 6.07) is 6.74. The summed E-state index contributed by atoms with van der Waals surface area (Å²) >= 11 is 0. The van der Waals surface area contributed by atoms with Gasteiger partial charge in [0.1, 0.15) is 12.7 Å². The average molecular weight is 354 g/mol. The van der Waals surface area contributed by atoms with Crippen molar-refractivity contribution in [1.29, 1.82) is 0 Å². The van der Waals surface area contributed by atoms with Crippen LogP contribution in [0.25, 0.3) is 0 Å². The highest BCUT2D eigenvalue weighted by Gasteiger charge is 2.13. The smallest absolute Gasteiger partial charge is 0.411 e. The number of hydrogen-bond donors (Lipinski definition) is 2. The summed E-state index contributed by atoms with van der Waals surface area (Å²) in [7, 11) is 1.52. The molecule has 1 aromatic rings. The number of ether oxygens (including phenoxy) is 4. The molecule has 2 N–H and O–H groups in total. The van der Waals surface area contributed by atoms with Crippen LogP contribution < -0.4 is 10.6 Å². The minimum absolute atomic E-state index is 0.162. The minimum atomic E-state index is -0.615. The molecule has 0 aliphatic heterocycles. The Morgan fingerprint density at radius 2 is 1.80 bits per heavy atom. The van der Waals surface area contributed by atoms with E-state index in [0.717, 1.165) is 0 Å². The summed E-state index contributed by atoms with van der Waals surface area (Å²) in [5.74, 6) is -0.281. The quantitative estimate of drug-likeness (QED) is 0.592. The molecule has 0 spiro atoms. The van der Waals surface area contributed by atoms with Crippen molar-refractivity contribution in [3.63, 3.8) is 0 Å². The van der Waals surface area contributed by atoms with Crippen molar-refractivity contribution in [3.05, 3.63) is 24.3 Å². The van der Waals surface area contributed by atoms with Gasteiger partial charge in [-0.1, -0.05) is 6.07 Å². The molecule has 1 atom stereocenters. The van der Waals surface area contributed by atoms with Crippen LogP contribution in [0.2, 0.25) is 0 Å². The zero-order chi connectivity index (χ0) is 18.5. The molecule has 0 aliphatic rings. The molecule has 2 amide bonds. The standard InChI is InChI=1S/C17H26N2O6/c1-4-23-9-11-24-13(2)16(20)18-14-6-5-7-15(12-14)19-17(21)25-10-8-22-3/h5-7,12-13H,4,8-11H2,1-3H3,(H,18,20)(H,19,21). The van der Waals surface area contributed by atoms with Crippen LogP contribution in [0.15, 0.2) is 24.3 Å². The van der Waals surface area contributed by atoms with Crippen molar-refractivity contribution >= 4 is 23.4 Å². The zero-order valence-corrected chi connectivity index (χ0v) is 14.9. The number of methoxy groups -OCH3 is 1. The molecule has 1 rings (SSSR count). The highest BCUT2D eigenvalue weighted by atomic mass is 16.6. The van der Waals surface area contributed by atoms with Crippen LogP contribution in [0.4, 0.5) is 16.2 Å². The van der Waals surface area contributed by atoms with E-state index in [1.54, 1.807) is 31.2 Å². The number of nitrogens with one attached hydrogen (secondary N) is 2. The third-order valence-corrected chi connectivity index (χ3v) is 3.07.